The summed E-state index contributed by atoms with van der Waals surface area (Å²) in [7, 11) is 0. The largest absolute Gasteiger partial charge is 0.376 e. The van der Waals surface area contributed by atoms with Gasteiger partial charge in [0.25, 0.3) is 11.8 Å². The van der Waals surface area contributed by atoms with Gasteiger partial charge in [-0.15, -0.1) is 0 Å². The van der Waals surface area contributed by atoms with Crippen LogP contribution in [0.2, 0.25) is 0 Å². The third-order valence-electron chi connectivity index (χ3n) is 4.11. The predicted octanol–water partition coefficient (Wildman–Crippen LogP) is 1.53. The normalized spacial score (nSPS) is 16.7. The van der Waals surface area contributed by atoms with Crippen molar-refractivity contribution in [3.63, 3.8) is 0 Å². The van der Waals surface area contributed by atoms with Crippen LogP contribution in [0.4, 0.5) is 0 Å². The molecule has 9 nitrogen and oxygen atoms in total. The van der Waals surface area contributed by atoms with E-state index in [2.05, 4.69) is 25.4 Å². The quantitative estimate of drug-likeness (QED) is 0.740. The third kappa shape index (κ3) is 3.47. The van der Waals surface area contributed by atoms with Gasteiger partial charge in [-0.05, 0) is 31.9 Å². The molecule has 0 unspecified atom stereocenters. The molecule has 1 amide bonds. The second-order valence-electron chi connectivity index (χ2n) is 6.06. The fraction of sp³-hybridized carbons (Fsp3) is 0.353. The van der Waals surface area contributed by atoms with Crippen molar-refractivity contribution < 1.29 is 14.1 Å². The summed E-state index contributed by atoms with van der Waals surface area (Å²) in [5.74, 6) is 1.35. The van der Waals surface area contributed by atoms with E-state index in [9.17, 15) is 4.79 Å². The van der Waals surface area contributed by atoms with Gasteiger partial charge in [0.05, 0.1) is 6.10 Å². The van der Waals surface area contributed by atoms with Gasteiger partial charge in [-0.2, -0.15) is 4.98 Å². The lowest BCUT2D eigenvalue weighted by Gasteiger charge is -2.09. The molecule has 1 atom stereocenters. The van der Waals surface area contributed by atoms with Crippen molar-refractivity contribution >= 4 is 5.91 Å². The average Bonchev–Trinajstić information content (AvgIpc) is 3.41. The van der Waals surface area contributed by atoms with E-state index in [-0.39, 0.29) is 12.0 Å². The molecule has 1 aliphatic heterocycles. The van der Waals surface area contributed by atoms with Crippen molar-refractivity contribution in [3.8, 4) is 17.3 Å². The summed E-state index contributed by atoms with van der Waals surface area (Å²) >= 11 is 0. The molecule has 26 heavy (non-hydrogen) atoms. The lowest BCUT2D eigenvalue weighted by atomic mass is 10.2. The first-order chi connectivity index (χ1) is 12.7. The van der Waals surface area contributed by atoms with Gasteiger partial charge < -0.3 is 14.6 Å². The molecule has 3 aromatic rings. The first-order valence-corrected chi connectivity index (χ1v) is 8.40. The van der Waals surface area contributed by atoms with Crippen molar-refractivity contribution in [2.24, 2.45) is 0 Å². The minimum Gasteiger partial charge on any atom is -0.376 e. The van der Waals surface area contributed by atoms with Gasteiger partial charge in [-0.1, -0.05) is 5.16 Å². The monoisotopic (exact) mass is 354 g/mol. The Labute approximate surface area is 149 Å². The fourth-order valence-corrected chi connectivity index (χ4v) is 2.77. The van der Waals surface area contributed by atoms with Crippen LogP contribution in [-0.4, -0.2) is 49.8 Å². The van der Waals surface area contributed by atoms with Gasteiger partial charge in [-0.3, -0.25) is 9.36 Å². The van der Waals surface area contributed by atoms with Crippen LogP contribution >= 0.6 is 0 Å². The molecule has 0 aromatic carbocycles. The second-order valence-corrected chi connectivity index (χ2v) is 6.06. The second kappa shape index (κ2) is 7.04. The van der Waals surface area contributed by atoms with Gasteiger partial charge in [0, 0.05) is 31.1 Å². The first-order valence-electron chi connectivity index (χ1n) is 8.40. The van der Waals surface area contributed by atoms with Gasteiger partial charge >= 0.3 is 0 Å². The zero-order valence-electron chi connectivity index (χ0n) is 14.3. The number of ether oxygens (including phenoxy) is 1. The van der Waals surface area contributed by atoms with Crippen LogP contribution in [0.25, 0.3) is 17.3 Å². The predicted molar refractivity (Wildman–Crippen MR) is 90.7 cm³/mol. The Bertz CT molecular complexity index is 913. The zero-order valence-corrected chi connectivity index (χ0v) is 14.3. The van der Waals surface area contributed by atoms with Gasteiger partial charge in [0.2, 0.25) is 0 Å². The van der Waals surface area contributed by atoms with Crippen LogP contribution in [0.5, 0.6) is 0 Å². The lowest BCUT2D eigenvalue weighted by molar-refractivity contribution is 0.0854. The van der Waals surface area contributed by atoms with Gasteiger partial charge in [0.1, 0.15) is 17.8 Å². The smallest absolute Gasteiger partial charge is 0.271 e. The highest BCUT2D eigenvalue weighted by atomic mass is 16.5. The Hall–Kier alpha value is -3.07. The number of hydrogen-bond donors (Lipinski definition) is 1. The maximum atomic E-state index is 12.2. The van der Waals surface area contributed by atoms with Crippen LogP contribution < -0.4 is 5.32 Å². The zero-order chi connectivity index (χ0) is 17.9. The Balaban J connectivity index is 1.48. The standard InChI is InChI=1S/C17H18N6O3/c1-11-21-17(26-22-11)12-4-5-18-15(7-12)23-9-14(20-10-23)16(24)19-8-13-3-2-6-25-13/h4-5,7,9-10,13H,2-3,6,8H2,1H3,(H,19,24)/t13-/m1/s1. The minimum absolute atomic E-state index is 0.0947. The highest BCUT2D eigenvalue weighted by molar-refractivity contribution is 5.92. The van der Waals surface area contributed by atoms with E-state index in [0.717, 1.165) is 25.0 Å². The van der Waals surface area contributed by atoms with Gasteiger partial charge in [-0.25, -0.2) is 9.97 Å². The SMILES string of the molecule is Cc1noc(-c2ccnc(-n3cnc(C(=O)NC[C@H]4CCCO4)c3)c2)n1. The number of aryl methyl sites for hydroxylation is 1. The van der Waals surface area contributed by atoms with E-state index in [1.807, 2.05) is 0 Å². The number of amides is 1. The molecule has 4 rings (SSSR count). The average molecular weight is 354 g/mol. The lowest BCUT2D eigenvalue weighted by Crippen LogP contribution is -2.31. The van der Waals surface area contributed by atoms with Crippen LogP contribution in [-0.2, 0) is 4.74 Å². The molecule has 1 aliphatic rings. The summed E-state index contributed by atoms with van der Waals surface area (Å²) in [5, 5.41) is 6.64. The molecule has 4 heterocycles. The number of hydrogen-bond acceptors (Lipinski definition) is 7. The summed E-state index contributed by atoms with van der Waals surface area (Å²) < 4.78 is 12.4. The number of carbonyl (C=O) groups is 1. The first kappa shape index (κ1) is 16.4. The van der Waals surface area contributed by atoms with Crippen molar-refractivity contribution in [1.29, 1.82) is 0 Å². The Kier molecular flexibility index (Phi) is 4.44. The number of nitrogens with one attached hydrogen (secondary N) is 1. The number of rotatable bonds is 5. The molecule has 1 saturated heterocycles. The Morgan fingerprint density at radius 2 is 2.35 bits per heavy atom. The van der Waals surface area contributed by atoms with E-state index < -0.39 is 0 Å². The molecule has 3 aromatic heterocycles. The van der Waals surface area contributed by atoms with E-state index in [1.54, 1.807) is 42.3 Å². The highest BCUT2D eigenvalue weighted by Crippen LogP contribution is 2.19. The molecule has 0 spiro atoms. The number of aromatic nitrogens is 5. The van der Waals surface area contributed by atoms with E-state index in [0.29, 0.717) is 29.8 Å². The Morgan fingerprint density at radius 1 is 1.42 bits per heavy atom. The molecule has 0 bridgehead atoms. The summed E-state index contributed by atoms with van der Waals surface area (Å²) in [5.41, 5.74) is 1.07. The minimum atomic E-state index is -0.233. The van der Waals surface area contributed by atoms with Crippen LogP contribution in [0.15, 0.2) is 35.4 Å². The van der Waals surface area contributed by atoms with Gasteiger partial charge in [0.15, 0.2) is 5.82 Å². The summed E-state index contributed by atoms with van der Waals surface area (Å²) in [6, 6.07) is 3.57. The van der Waals surface area contributed by atoms with Crippen molar-refractivity contribution in [1.82, 2.24) is 30.0 Å². The highest BCUT2D eigenvalue weighted by Gasteiger charge is 2.18. The van der Waals surface area contributed by atoms with Crippen molar-refractivity contribution in [2.75, 3.05) is 13.2 Å². The summed E-state index contributed by atoms with van der Waals surface area (Å²) in [6.07, 6.45) is 6.93. The van der Waals surface area contributed by atoms with E-state index in [4.69, 9.17) is 9.26 Å². The molecular formula is C17H18N6O3. The molecule has 0 radical (unpaired) electrons. The summed E-state index contributed by atoms with van der Waals surface area (Å²) in [4.78, 5) is 24.9. The third-order valence-corrected chi connectivity index (χ3v) is 4.11. The molecule has 1 fully saturated rings. The van der Waals surface area contributed by atoms with Crippen molar-refractivity contribution in [3.05, 3.63) is 42.4 Å². The topological polar surface area (TPSA) is 108 Å². The number of imidazole rings is 1. The molecule has 9 heteroatoms. The molecular weight excluding hydrogens is 336 g/mol. The van der Waals surface area contributed by atoms with Crippen LogP contribution in [0.1, 0.15) is 29.2 Å². The van der Waals surface area contributed by atoms with Crippen molar-refractivity contribution in [2.45, 2.75) is 25.9 Å². The Morgan fingerprint density at radius 3 is 3.12 bits per heavy atom. The number of nitrogens with zero attached hydrogens (tertiary/aromatic N) is 5. The van der Waals surface area contributed by atoms with E-state index >= 15 is 0 Å². The molecule has 1 N–H and O–H groups in total. The molecule has 134 valence electrons. The number of pyridine rings is 1. The van der Waals surface area contributed by atoms with Crippen LogP contribution in [0.3, 0.4) is 0 Å². The maximum Gasteiger partial charge on any atom is 0.271 e. The molecule has 0 saturated carbocycles. The van der Waals surface area contributed by atoms with Crippen LogP contribution in [0, 0.1) is 6.92 Å². The fourth-order valence-electron chi connectivity index (χ4n) is 2.77. The summed E-state index contributed by atoms with van der Waals surface area (Å²) in [6.45, 7) is 3.01. The number of carbonyl (C=O) groups excluding carboxylic acids is 1. The van der Waals surface area contributed by atoms with E-state index in [1.165, 1.54) is 0 Å². The molecule has 0 aliphatic carbocycles. The maximum absolute atomic E-state index is 12.2.